The van der Waals surface area contributed by atoms with Gasteiger partial charge in [-0.15, -0.1) is 0 Å². The first kappa shape index (κ1) is 13.0. The minimum atomic E-state index is -4.39. The predicted octanol–water partition coefficient (Wildman–Crippen LogP) is 1.37. The molecule has 0 spiro atoms. The number of aromatic nitrogens is 3. The zero-order valence-corrected chi connectivity index (χ0v) is 9.20. The molecule has 16 heavy (non-hydrogen) atoms. The van der Waals surface area contributed by atoms with Crippen molar-refractivity contribution in [3.05, 3.63) is 12.2 Å². The molecule has 0 saturated carbocycles. The highest BCUT2D eigenvalue weighted by Gasteiger charge is 2.37. The van der Waals surface area contributed by atoms with E-state index in [1.807, 2.05) is 13.8 Å². The molecule has 0 aliphatic carbocycles. The lowest BCUT2D eigenvalue weighted by Crippen LogP contribution is -2.40. The van der Waals surface area contributed by atoms with Crippen molar-refractivity contribution in [2.24, 2.45) is 11.7 Å². The Balaban J connectivity index is 2.70. The third-order valence-corrected chi connectivity index (χ3v) is 2.06. The van der Waals surface area contributed by atoms with Gasteiger partial charge in [0, 0.05) is 13.0 Å². The Morgan fingerprint density at radius 3 is 2.56 bits per heavy atom. The van der Waals surface area contributed by atoms with E-state index in [0.717, 1.165) is 0 Å². The summed E-state index contributed by atoms with van der Waals surface area (Å²) in [4.78, 5) is 3.79. The minimum Gasteiger partial charge on any atom is -0.320 e. The second-order valence-electron chi connectivity index (χ2n) is 4.10. The molecular weight excluding hydrogens is 221 g/mol. The average molecular weight is 236 g/mol. The SMILES string of the molecule is CC(C)Cn1ncnc1CC(N)C(F)(F)F. The van der Waals surface area contributed by atoms with E-state index < -0.39 is 12.2 Å². The summed E-state index contributed by atoms with van der Waals surface area (Å²) in [5.74, 6) is 0.570. The van der Waals surface area contributed by atoms with Gasteiger partial charge in [-0.3, -0.25) is 0 Å². The van der Waals surface area contributed by atoms with Crippen LogP contribution in [-0.2, 0) is 13.0 Å². The van der Waals surface area contributed by atoms with Gasteiger partial charge in [0.15, 0.2) is 0 Å². The van der Waals surface area contributed by atoms with Crippen molar-refractivity contribution in [2.75, 3.05) is 0 Å². The number of alkyl halides is 3. The first-order valence-electron chi connectivity index (χ1n) is 4.99. The van der Waals surface area contributed by atoms with E-state index in [9.17, 15) is 13.2 Å². The minimum absolute atomic E-state index is 0.276. The maximum atomic E-state index is 12.3. The van der Waals surface area contributed by atoms with Crippen LogP contribution in [0.3, 0.4) is 0 Å². The van der Waals surface area contributed by atoms with E-state index in [0.29, 0.717) is 12.5 Å². The maximum absolute atomic E-state index is 12.3. The van der Waals surface area contributed by atoms with Crippen LogP contribution in [0.25, 0.3) is 0 Å². The lowest BCUT2D eigenvalue weighted by atomic mass is 10.2. The Morgan fingerprint density at radius 2 is 2.06 bits per heavy atom. The normalized spacial score (nSPS) is 14.4. The molecule has 0 aliphatic heterocycles. The fourth-order valence-electron chi connectivity index (χ4n) is 1.26. The fourth-order valence-corrected chi connectivity index (χ4v) is 1.26. The third kappa shape index (κ3) is 3.48. The highest BCUT2D eigenvalue weighted by Crippen LogP contribution is 2.20. The Bertz CT molecular complexity index is 332. The Morgan fingerprint density at radius 1 is 1.44 bits per heavy atom. The number of hydrogen-bond donors (Lipinski definition) is 1. The molecule has 1 heterocycles. The van der Waals surface area contributed by atoms with Crippen LogP contribution in [0, 0.1) is 5.92 Å². The van der Waals surface area contributed by atoms with E-state index >= 15 is 0 Å². The van der Waals surface area contributed by atoms with Gasteiger partial charge in [0.2, 0.25) is 0 Å². The number of nitrogens with zero attached hydrogens (tertiary/aromatic N) is 3. The first-order valence-corrected chi connectivity index (χ1v) is 4.99. The Hall–Kier alpha value is -1.11. The van der Waals surface area contributed by atoms with Crippen molar-refractivity contribution >= 4 is 0 Å². The average Bonchev–Trinajstić information content (AvgIpc) is 2.50. The van der Waals surface area contributed by atoms with Gasteiger partial charge in [-0.2, -0.15) is 18.3 Å². The summed E-state index contributed by atoms with van der Waals surface area (Å²) in [6.45, 7) is 4.45. The molecule has 1 atom stereocenters. The van der Waals surface area contributed by atoms with Crippen LogP contribution in [-0.4, -0.2) is 27.0 Å². The molecule has 0 amide bonds. The van der Waals surface area contributed by atoms with E-state index in [2.05, 4.69) is 10.1 Å². The molecule has 0 radical (unpaired) electrons. The molecule has 0 aliphatic rings. The fraction of sp³-hybridized carbons (Fsp3) is 0.778. The van der Waals surface area contributed by atoms with Gasteiger partial charge < -0.3 is 5.73 Å². The molecular formula is C9H15F3N4. The van der Waals surface area contributed by atoms with Crippen LogP contribution in [0.15, 0.2) is 6.33 Å². The van der Waals surface area contributed by atoms with Gasteiger partial charge in [0.05, 0.1) is 0 Å². The van der Waals surface area contributed by atoms with Crippen molar-refractivity contribution in [1.82, 2.24) is 14.8 Å². The van der Waals surface area contributed by atoms with Crippen LogP contribution >= 0.6 is 0 Å². The van der Waals surface area contributed by atoms with Crippen molar-refractivity contribution in [3.8, 4) is 0 Å². The number of nitrogens with two attached hydrogens (primary N) is 1. The molecule has 0 fully saturated rings. The Kier molecular flexibility index (Phi) is 3.90. The monoisotopic (exact) mass is 236 g/mol. The summed E-state index contributed by atoms with van der Waals surface area (Å²) in [7, 11) is 0. The summed E-state index contributed by atoms with van der Waals surface area (Å²) >= 11 is 0. The molecule has 1 aromatic heterocycles. The topological polar surface area (TPSA) is 56.7 Å². The quantitative estimate of drug-likeness (QED) is 0.858. The first-order chi connectivity index (χ1) is 7.30. The van der Waals surface area contributed by atoms with Crippen molar-refractivity contribution in [2.45, 2.75) is 39.0 Å². The summed E-state index contributed by atoms with van der Waals surface area (Å²) in [5, 5.41) is 3.87. The van der Waals surface area contributed by atoms with Gasteiger partial charge in [0.25, 0.3) is 0 Å². The number of halogens is 3. The molecule has 0 saturated heterocycles. The number of rotatable bonds is 4. The van der Waals surface area contributed by atoms with Crippen molar-refractivity contribution < 1.29 is 13.2 Å². The molecule has 1 rings (SSSR count). The number of hydrogen-bond acceptors (Lipinski definition) is 3. The smallest absolute Gasteiger partial charge is 0.320 e. The zero-order valence-electron chi connectivity index (χ0n) is 9.20. The standard InChI is InChI=1S/C9H15F3N4/c1-6(2)4-16-8(14-5-15-16)3-7(13)9(10,11)12/h5-7H,3-4,13H2,1-2H3. The van der Waals surface area contributed by atoms with Gasteiger partial charge in [-0.05, 0) is 5.92 Å². The molecule has 1 aromatic rings. The lowest BCUT2D eigenvalue weighted by molar-refractivity contribution is -0.147. The van der Waals surface area contributed by atoms with E-state index in [-0.39, 0.29) is 12.2 Å². The van der Waals surface area contributed by atoms with E-state index in [1.165, 1.54) is 11.0 Å². The molecule has 1 unspecified atom stereocenters. The second kappa shape index (κ2) is 4.82. The highest BCUT2D eigenvalue weighted by molar-refractivity contribution is 4.91. The highest BCUT2D eigenvalue weighted by atomic mass is 19.4. The second-order valence-corrected chi connectivity index (χ2v) is 4.10. The van der Waals surface area contributed by atoms with Gasteiger partial charge in [0.1, 0.15) is 18.2 Å². The van der Waals surface area contributed by atoms with Gasteiger partial charge in [-0.25, -0.2) is 9.67 Å². The largest absolute Gasteiger partial charge is 0.404 e. The summed E-state index contributed by atoms with van der Waals surface area (Å²) in [6.07, 6.45) is -3.48. The molecule has 7 heteroatoms. The predicted molar refractivity (Wildman–Crippen MR) is 52.6 cm³/mol. The van der Waals surface area contributed by atoms with Crippen LogP contribution in [0.1, 0.15) is 19.7 Å². The molecule has 0 aromatic carbocycles. The van der Waals surface area contributed by atoms with E-state index in [4.69, 9.17) is 5.73 Å². The van der Waals surface area contributed by atoms with Crippen molar-refractivity contribution in [3.63, 3.8) is 0 Å². The van der Waals surface area contributed by atoms with Crippen molar-refractivity contribution in [1.29, 1.82) is 0 Å². The van der Waals surface area contributed by atoms with Crippen LogP contribution in [0.5, 0.6) is 0 Å². The molecule has 4 nitrogen and oxygen atoms in total. The third-order valence-electron chi connectivity index (χ3n) is 2.06. The van der Waals surface area contributed by atoms with Gasteiger partial charge in [-0.1, -0.05) is 13.8 Å². The van der Waals surface area contributed by atoms with Crippen LogP contribution < -0.4 is 5.73 Å². The zero-order chi connectivity index (χ0) is 12.3. The van der Waals surface area contributed by atoms with Gasteiger partial charge >= 0.3 is 6.18 Å². The molecule has 92 valence electrons. The summed E-state index contributed by atoms with van der Waals surface area (Å²) in [6, 6.07) is -1.89. The van der Waals surface area contributed by atoms with E-state index in [1.54, 1.807) is 0 Å². The summed E-state index contributed by atoms with van der Waals surface area (Å²) in [5.41, 5.74) is 5.04. The Labute approximate surface area is 91.6 Å². The van der Waals surface area contributed by atoms with Crippen LogP contribution in [0.2, 0.25) is 0 Å². The van der Waals surface area contributed by atoms with Crippen LogP contribution in [0.4, 0.5) is 13.2 Å². The maximum Gasteiger partial charge on any atom is 0.404 e. The summed E-state index contributed by atoms with van der Waals surface area (Å²) < 4.78 is 38.2. The lowest BCUT2D eigenvalue weighted by Gasteiger charge is -2.15. The molecule has 0 bridgehead atoms. The molecule has 2 N–H and O–H groups in total.